The molecule has 6 rings (SSSR count). The summed E-state index contributed by atoms with van der Waals surface area (Å²) in [5, 5.41) is 8.89. The molecule has 0 aliphatic heterocycles. The number of hydrogen-bond acceptors (Lipinski definition) is 0. The van der Waals surface area contributed by atoms with Crippen LogP contribution in [0.5, 0.6) is 0 Å². The Morgan fingerprint density at radius 2 is 1.24 bits per heavy atom. The van der Waals surface area contributed by atoms with Gasteiger partial charge in [0.05, 0.1) is 0 Å². The molecule has 285 valence electrons. The third-order valence-corrected chi connectivity index (χ3v) is 25.8. The van der Waals surface area contributed by atoms with Crippen molar-refractivity contribution in [3.63, 3.8) is 0 Å². The molecule has 7 heteroatoms. The molecule has 3 aromatic carbocycles. The summed E-state index contributed by atoms with van der Waals surface area (Å²) < 4.78 is 3.37. The van der Waals surface area contributed by atoms with E-state index in [0.29, 0.717) is 0 Å². The first-order valence-electron chi connectivity index (χ1n) is 19.8. The molecule has 0 heterocycles. The average molecular weight is 902 g/mol. The summed E-state index contributed by atoms with van der Waals surface area (Å²) in [6.07, 6.45) is 10.7. The van der Waals surface area contributed by atoms with Crippen molar-refractivity contribution in [1.82, 2.24) is 0 Å². The van der Waals surface area contributed by atoms with E-state index < -0.39 is 55.0 Å². The number of benzene rings is 3. The fraction of sp³-hybridized carbons (Fsp3) is 0.383. The Hall–Kier alpha value is -1.44. The SMILES string of the molecule is CCc1cc([Si](C)(C)C)c2c(c1)=[C]([Zr+2]=[C](c1ccccc1)c1ccccc1)C1=C(C3=CC=CC3)C(CC)([Si](C)(C)C)C([Si](C)(C)C)=C([Si](C)(C)C)C=21.[Cl-].[Cl-]. The predicted octanol–water partition coefficient (Wildman–Crippen LogP) is 5.16. The van der Waals surface area contributed by atoms with Crippen molar-refractivity contribution in [1.29, 1.82) is 0 Å². The second-order valence-corrected chi connectivity index (χ2v) is 42.9. The molecule has 0 spiro atoms. The maximum Gasteiger partial charge on any atom is -1.00 e. The van der Waals surface area contributed by atoms with E-state index in [-0.39, 0.29) is 29.9 Å². The molecule has 0 saturated carbocycles. The molecule has 0 fully saturated rings. The van der Waals surface area contributed by atoms with Crippen molar-refractivity contribution >= 4 is 49.5 Å². The number of halogens is 2. The van der Waals surface area contributed by atoms with Crippen LogP contribution in [0.3, 0.4) is 0 Å². The van der Waals surface area contributed by atoms with E-state index in [2.05, 4.69) is 183 Å². The second-order valence-electron chi connectivity index (χ2n) is 19.5. The molecule has 1 atom stereocenters. The van der Waals surface area contributed by atoms with Crippen molar-refractivity contribution in [3.8, 4) is 0 Å². The van der Waals surface area contributed by atoms with Gasteiger partial charge in [0.15, 0.2) is 0 Å². The zero-order valence-corrected chi connectivity index (χ0v) is 43.5. The zero-order valence-electron chi connectivity index (χ0n) is 35.5. The number of allylic oxidation sites excluding steroid dienone is 8. The number of aryl methyl sites for hydroxylation is 1. The van der Waals surface area contributed by atoms with Gasteiger partial charge in [0, 0.05) is 0 Å². The van der Waals surface area contributed by atoms with Gasteiger partial charge >= 0.3 is 334 Å². The Morgan fingerprint density at radius 1 is 0.685 bits per heavy atom. The molecular formula is C47H63Cl2Si4Zr. The van der Waals surface area contributed by atoms with Crippen LogP contribution in [0.4, 0.5) is 0 Å². The number of fused-ring (bicyclic) bond motifs is 2. The Kier molecular flexibility index (Phi) is 13.8. The minimum absolute atomic E-state index is 0. The summed E-state index contributed by atoms with van der Waals surface area (Å²) in [5.41, 5.74) is 11.2. The summed E-state index contributed by atoms with van der Waals surface area (Å²) in [5.74, 6) is 0. The quantitative estimate of drug-likeness (QED) is 0.247. The minimum atomic E-state index is -1.89. The van der Waals surface area contributed by atoms with Crippen molar-refractivity contribution < 1.29 is 47.6 Å². The van der Waals surface area contributed by atoms with Crippen LogP contribution in [0.25, 0.3) is 8.85 Å². The van der Waals surface area contributed by atoms with E-state index in [1.54, 1.807) is 44.4 Å². The molecule has 0 bridgehead atoms. The monoisotopic (exact) mass is 899 g/mol. The molecule has 0 radical (unpaired) electrons. The molecule has 0 N–H and O–H groups in total. The Balaban J connectivity index is 0.00000325. The maximum atomic E-state index is 2.73. The van der Waals surface area contributed by atoms with E-state index in [0.717, 1.165) is 12.8 Å². The first kappa shape index (κ1) is 45.3. The average Bonchev–Trinajstić information content (AvgIpc) is 3.71. The fourth-order valence-electron chi connectivity index (χ4n) is 9.77. The summed E-state index contributed by atoms with van der Waals surface area (Å²) in [6.45, 7) is 37.1. The van der Waals surface area contributed by atoms with Crippen molar-refractivity contribution in [2.45, 2.75) is 117 Å². The maximum absolute atomic E-state index is 2.73. The van der Waals surface area contributed by atoms with E-state index in [4.69, 9.17) is 0 Å². The predicted molar refractivity (Wildman–Crippen MR) is 240 cm³/mol. The zero-order chi connectivity index (χ0) is 38.0. The first-order valence-corrected chi connectivity index (χ1v) is 36.3. The van der Waals surface area contributed by atoms with Crippen LogP contribution in [-0.2, 0) is 29.2 Å². The van der Waals surface area contributed by atoms with E-state index in [1.165, 1.54) is 23.1 Å². The second kappa shape index (κ2) is 16.4. The molecule has 3 aliphatic carbocycles. The molecule has 3 aromatic rings. The van der Waals surface area contributed by atoms with Crippen LogP contribution in [-0.4, -0.2) is 35.5 Å². The van der Waals surface area contributed by atoms with Gasteiger partial charge in [-0.25, -0.2) is 0 Å². The van der Waals surface area contributed by atoms with Crippen molar-refractivity contribution in [2.75, 3.05) is 0 Å². The molecule has 3 aliphatic rings. The van der Waals surface area contributed by atoms with Crippen molar-refractivity contribution in [3.05, 3.63) is 145 Å². The molecule has 0 aromatic heterocycles. The first-order chi connectivity index (χ1) is 24.3. The molecule has 0 saturated heterocycles. The fourth-order valence-corrected chi connectivity index (χ4v) is 27.3. The van der Waals surface area contributed by atoms with Gasteiger partial charge in [0.1, 0.15) is 0 Å². The summed E-state index contributed by atoms with van der Waals surface area (Å²) >= 11 is -1.42. The van der Waals surface area contributed by atoms with E-state index in [9.17, 15) is 0 Å². The van der Waals surface area contributed by atoms with Gasteiger partial charge in [-0.3, -0.25) is 0 Å². The topological polar surface area (TPSA) is 0 Å². The minimum Gasteiger partial charge on any atom is -1.00 e. The summed E-state index contributed by atoms with van der Waals surface area (Å²) in [4.78, 5) is 0. The van der Waals surface area contributed by atoms with Crippen LogP contribution in [0.15, 0.2) is 118 Å². The van der Waals surface area contributed by atoms with Crippen LogP contribution < -0.4 is 40.4 Å². The third-order valence-electron chi connectivity index (χ3n) is 11.8. The van der Waals surface area contributed by atoms with E-state index in [1.807, 2.05) is 10.4 Å². The number of rotatable bonds is 10. The summed E-state index contributed by atoms with van der Waals surface area (Å²) in [6, 6.07) is 28.3. The van der Waals surface area contributed by atoms with E-state index >= 15 is 0 Å². The van der Waals surface area contributed by atoms with Gasteiger partial charge in [-0.2, -0.15) is 0 Å². The van der Waals surface area contributed by atoms with Crippen LogP contribution in [0.1, 0.15) is 43.4 Å². The Labute approximate surface area is 356 Å². The van der Waals surface area contributed by atoms with Crippen LogP contribution in [0, 0.1) is 0 Å². The van der Waals surface area contributed by atoms with Crippen LogP contribution in [0.2, 0.25) is 83.6 Å². The molecular weight excluding hydrogens is 839 g/mol. The van der Waals surface area contributed by atoms with Gasteiger partial charge in [0.2, 0.25) is 0 Å². The summed E-state index contributed by atoms with van der Waals surface area (Å²) in [7, 11) is -7.40. The van der Waals surface area contributed by atoms with Crippen molar-refractivity contribution in [2.24, 2.45) is 0 Å². The van der Waals surface area contributed by atoms with Gasteiger partial charge in [-0.1, -0.05) is 0 Å². The molecule has 54 heavy (non-hydrogen) atoms. The van der Waals surface area contributed by atoms with Gasteiger partial charge in [-0.15, -0.1) is 0 Å². The molecule has 1 unspecified atom stereocenters. The number of hydrogen-bond donors (Lipinski definition) is 0. The standard InChI is InChI=1S/C34H53Si4.C13H10.2ClH.Zr/c1-15-24-21-26-23-27-30(29(26)28(22-24)35(3,4)5)32(36(6,7)8)33(37(9,10)11)34(16-2,38(12,13)14)31(27)25-19-17-18-20-25;1-3-7-12(8-4-1)11-13-9-5-2-6-10-13;;;/h17-19,21-22H,15-16,20H2,1-14H3;1-10H;2*1H;/q;;;;+2/p-2. The third kappa shape index (κ3) is 7.88. The largest absolute Gasteiger partial charge is 1.00 e. The normalized spacial score (nSPS) is 18.5. The Morgan fingerprint density at radius 3 is 1.65 bits per heavy atom. The molecule has 0 nitrogen and oxygen atoms in total. The molecule has 0 amide bonds. The van der Waals surface area contributed by atoms with Gasteiger partial charge in [0.25, 0.3) is 0 Å². The van der Waals surface area contributed by atoms with Gasteiger partial charge in [-0.05, 0) is 0 Å². The Bertz CT molecular complexity index is 2160. The smallest absolute Gasteiger partial charge is 1.00 e. The van der Waals surface area contributed by atoms with Crippen LogP contribution >= 0.6 is 0 Å². The van der Waals surface area contributed by atoms with Gasteiger partial charge < -0.3 is 24.8 Å².